The van der Waals surface area contributed by atoms with Crippen molar-refractivity contribution in [2.45, 2.75) is 12.1 Å². The molecule has 0 bridgehead atoms. The molecule has 0 amide bonds. The van der Waals surface area contributed by atoms with Gasteiger partial charge in [-0.05, 0) is 0 Å². The molecule has 0 radical (unpaired) electrons. The molecule has 4 heteroatoms. The first-order chi connectivity index (χ1) is 5.90. The average molecular weight is 171 g/mol. The molecule has 0 aromatic heterocycles. The molecule has 12 heavy (non-hydrogen) atoms. The molecule has 2 rings (SSSR count). The van der Waals surface area contributed by atoms with E-state index in [1.807, 2.05) is 0 Å². The van der Waals surface area contributed by atoms with Crippen molar-refractivity contribution in [1.29, 1.82) is 0 Å². The molecule has 4 nitrogen and oxygen atoms in total. The van der Waals surface area contributed by atoms with Crippen molar-refractivity contribution in [2.24, 2.45) is 0 Å². The Kier molecular flexibility index (Phi) is 2.60. The highest BCUT2D eigenvalue weighted by molar-refractivity contribution is 4.89. The third-order valence-electron chi connectivity index (χ3n) is 2.79. The van der Waals surface area contributed by atoms with Gasteiger partial charge in [-0.2, -0.15) is 0 Å². The second-order valence-corrected chi connectivity index (χ2v) is 3.64. The summed E-state index contributed by atoms with van der Waals surface area (Å²) in [5, 5.41) is 15.7. The summed E-state index contributed by atoms with van der Waals surface area (Å²) >= 11 is 0. The molecule has 0 aliphatic carbocycles. The summed E-state index contributed by atoms with van der Waals surface area (Å²) in [5.41, 5.74) is 0. The van der Waals surface area contributed by atoms with E-state index in [2.05, 4.69) is 15.5 Å². The minimum Gasteiger partial charge on any atom is -0.395 e. The third-order valence-corrected chi connectivity index (χ3v) is 2.79. The van der Waals surface area contributed by atoms with Gasteiger partial charge in [-0.15, -0.1) is 0 Å². The monoisotopic (exact) mass is 171 g/mol. The maximum atomic E-state index is 8.98. The highest BCUT2D eigenvalue weighted by Gasteiger charge is 2.28. The van der Waals surface area contributed by atoms with Crippen LogP contribution in [-0.2, 0) is 0 Å². The highest BCUT2D eigenvalue weighted by atomic mass is 16.3. The summed E-state index contributed by atoms with van der Waals surface area (Å²) in [4.78, 5) is 2.47. The number of rotatable bonds is 1. The van der Waals surface area contributed by atoms with E-state index >= 15 is 0 Å². The van der Waals surface area contributed by atoms with Crippen LogP contribution in [-0.4, -0.2) is 61.4 Å². The van der Waals surface area contributed by atoms with Gasteiger partial charge in [0.1, 0.15) is 0 Å². The summed E-state index contributed by atoms with van der Waals surface area (Å²) in [6.45, 7) is 5.58. The van der Waals surface area contributed by atoms with E-state index in [1.165, 1.54) is 0 Å². The van der Waals surface area contributed by atoms with E-state index in [1.54, 1.807) is 0 Å². The number of piperazine rings is 2. The Hall–Kier alpha value is -0.160. The average Bonchev–Trinajstić information content (AvgIpc) is 2.17. The van der Waals surface area contributed by atoms with Crippen LogP contribution in [0.5, 0.6) is 0 Å². The van der Waals surface area contributed by atoms with Crippen molar-refractivity contribution in [1.82, 2.24) is 15.5 Å². The van der Waals surface area contributed by atoms with Gasteiger partial charge in [0.05, 0.1) is 6.61 Å². The van der Waals surface area contributed by atoms with Gasteiger partial charge >= 0.3 is 0 Å². The fourth-order valence-electron chi connectivity index (χ4n) is 2.02. The fraction of sp³-hybridized carbons (Fsp3) is 1.00. The molecule has 2 aliphatic rings. The predicted molar refractivity (Wildman–Crippen MR) is 47.1 cm³/mol. The van der Waals surface area contributed by atoms with E-state index in [-0.39, 0.29) is 6.61 Å². The fourth-order valence-corrected chi connectivity index (χ4v) is 2.02. The molecule has 0 aromatic rings. The van der Waals surface area contributed by atoms with Crippen LogP contribution in [0.1, 0.15) is 0 Å². The number of hydrogen-bond acceptors (Lipinski definition) is 4. The van der Waals surface area contributed by atoms with E-state index in [0.29, 0.717) is 12.1 Å². The van der Waals surface area contributed by atoms with Gasteiger partial charge in [0, 0.05) is 44.8 Å². The van der Waals surface area contributed by atoms with Crippen LogP contribution in [0.4, 0.5) is 0 Å². The summed E-state index contributed by atoms with van der Waals surface area (Å²) in [5.74, 6) is 0. The van der Waals surface area contributed by atoms with Crippen molar-refractivity contribution in [2.75, 3.05) is 39.3 Å². The number of nitrogens with zero attached hydrogens (tertiary/aromatic N) is 1. The first-order valence-corrected chi connectivity index (χ1v) is 4.69. The maximum absolute atomic E-state index is 8.98. The van der Waals surface area contributed by atoms with E-state index in [4.69, 9.17) is 5.11 Å². The molecule has 2 atom stereocenters. The molecular weight excluding hydrogens is 154 g/mol. The predicted octanol–water partition coefficient (Wildman–Crippen LogP) is -1.78. The van der Waals surface area contributed by atoms with Gasteiger partial charge in [-0.3, -0.25) is 4.90 Å². The van der Waals surface area contributed by atoms with Crippen LogP contribution < -0.4 is 10.6 Å². The molecule has 2 fully saturated rings. The minimum absolute atomic E-state index is 0.261. The standard InChI is InChI=1S/C8H17N3O/c12-6-7-5-11-2-1-9-3-8(11)4-10-7/h7-10,12H,1-6H2. The number of nitrogens with one attached hydrogen (secondary N) is 2. The van der Waals surface area contributed by atoms with Crippen molar-refractivity contribution in [3.63, 3.8) is 0 Å². The SMILES string of the molecule is OCC1CN2CCNCC2CN1. The van der Waals surface area contributed by atoms with Crippen LogP contribution in [0.25, 0.3) is 0 Å². The van der Waals surface area contributed by atoms with Gasteiger partial charge in [0.2, 0.25) is 0 Å². The van der Waals surface area contributed by atoms with Crippen molar-refractivity contribution in [3.8, 4) is 0 Å². The zero-order valence-electron chi connectivity index (χ0n) is 7.29. The maximum Gasteiger partial charge on any atom is 0.0597 e. The Morgan fingerprint density at radius 2 is 2.33 bits per heavy atom. The van der Waals surface area contributed by atoms with Gasteiger partial charge in [0.25, 0.3) is 0 Å². The van der Waals surface area contributed by atoms with E-state index < -0.39 is 0 Å². The van der Waals surface area contributed by atoms with Gasteiger partial charge in [0.15, 0.2) is 0 Å². The Morgan fingerprint density at radius 1 is 1.42 bits per heavy atom. The molecule has 70 valence electrons. The number of aliphatic hydroxyl groups is 1. The normalized spacial score (nSPS) is 37.8. The molecule has 3 N–H and O–H groups in total. The van der Waals surface area contributed by atoms with Crippen molar-refractivity contribution >= 4 is 0 Å². The molecule has 2 heterocycles. The zero-order valence-corrected chi connectivity index (χ0v) is 7.29. The second-order valence-electron chi connectivity index (χ2n) is 3.64. The van der Waals surface area contributed by atoms with Crippen LogP contribution in [0.2, 0.25) is 0 Å². The van der Waals surface area contributed by atoms with Gasteiger partial charge in [-0.25, -0.2) is 0 Å². The molecule has 2 aliphatic heterocycles. The lowest BCUT2D eigenvalue weighted by atomic mass is 10.1. The number of aliphatic hydroxyl groups excluding tert-OH is 1. The lowest BCUT2D eigenvalue weighted by Crippen LogP contribution is -2.64. The molecule has 2 saturated heterocycles. The van der Waals surface area contributed by atoms with Crippen molar-refractivity contribution in [3.05, 3.63) is 0 Å². The van der Waals surface area contributed by atoms with Gasteiger partial charge < -0.3 is 15.7 Å². The lowest BCUT2D eigenvalue weighted by Gasteiger charge is -2.42. The highest BCUT2D eigenvalue weighted by Crippen LogP contribution is 2.08. The smallest absolute Gasteiger partial charge is 0.0597 e. The molecule has 0 spiro atoms. The molecule has 2 unspecified atom stereocenters. The summed E-state index contributed by atoms with van der Waals surface area (Å²) in [7, 11) is 0. The Balaban J connectivity index is 1.90. The van der Waals surface area contributed by atoms with Gasteiger partial charge in [-0.1, -0.05) is 0 Å². The van der Waals surface area contributed by atoms with Crippen LogP contribution >= 0.6 is 0 Å². The second kappa shape index (κ2) is 3.70. The third kappa shape index (κ3) is 1.61. The van der Waals surface area contributed by atoms with Crippen molar-refractivity contribution < 1.29 is 5.11 Å². The Bertz CT molecular complexity index is 153. The van der Waals surface area contributed by atoms with E-state index in [9.17, 15) is 0 Å². The molecule has 0 saturated carbocycles. The zero-order chi connectivity index (χ0) is 8.39. The lowest BCUT2D eigenvalue weighted by molar-refractivity contribution is 0.0832. The topological polar surface area (TPSA) is 47.5 Å². The summed E-state index contributed by atoms with van der Waals surface area (Å²) in [6.07, 6.45) is 0. The Labute approximate surface area is 72.9 Å². The minimum atomic E-state index is 0.261. The van der Waals surface area contributed by atoms with E-state index in [0.717, 1.165) is 32.7 Å². The number of hydrogen-bond donors (Lipinski definition) is 3. The largest absolute Gasteiger partial charge is 0.395 e. The Morgan fingerprint density at radius 3 is 3.17 bits per heavy atom. The molecular formula is C8H17N3O. The quantitative estimate of drug-likeness (QED) is 0.437. The number of fused-ring (bicyclic) bond motifs is 1. The van der Waals surface area contributed by atoms with Crippen LogP contribution in [0.15, 0.2) is 0 Å². The summed E-state index contributed by atoms with van der Waals surface area (Å²) < 4.78 is 0. The molecule has 0 aromatic carbocycles. The first kappa shape index (κ1) is 8.44. The van der Waals surface area contributed by atoms with Crippen LogP contribution in [0, 0.1) is 0 Å². The van der Waals surface area contributed by atoms with Crippen LogP contribution in [0.3, 0.4) is 0 Å². The summed E-state index contributed by atoms with van der Waals surface area (Å²) in [6, 6.07) is 0.931. The first-order valence-electron chi connectivity index (χ1n) is 4.69.